The maximum Gasteiger partial charge on any atom is 0.243 e. The topological polar surface area (TPSA) is 75.4 Å². The first-order chi connectivity index (χ1) is 17.2. The Bertz CT molecular complexity index is 1440. The minimum atomic E-state index is -3.99. The van der Waals surface area contributed by atoms with Crippen LogP contribution >= 0.6 is 11.6 Å². The van der Waals surface area contributed by atoms with Crippen LogP contribution in [-0.4, -0.2) is 47.3 Å². The van der Waals surface area contributed by atoms with Crippen molar-refractivity contribution in [1.29, 1.82) is 0 Å². The van der Waals surface area contributed by atoms with Crippen molar-refractivity contribution in [3.05, 3.63) is 87.7 Å². The Labute approximate surface area is 213 Å². The summed E-state index contributed by atoms with van der Waals surface area (Å²) in [6.07, 6.45) is 4.17. The minimum Gasteiger partial charge on any atom is -0.395 e. The fourth-order valence-corrected chi connectivity index (χ4v) is 7.28. The fraction of sp³-hybridized carbons (Fsp3) is 0.346. The van der Waals surface area contributed by atoms with E-state index in [-0.39, 0.29) is 47.3 Å². The summed E-state index contributed by atoms with van der Waals surface area (Å²) < 4.78 is 56.9. The van der Waals surface area contributed by atoms with Crippen LogP contribution < -0.4 is 0 Å². The highest BCUT2D eigenvalue weighted by atomic mass is 35.5. The van der Waals surface area contributed by atoms with Gasteiger partial charge in [0, 0.05) is 31.0 Å². The molecule has 0 saturated heterocycles. The molecule has 0 amide bonds. The van der Waals surface area contributed by atoms with Crippen LogP contribution in [0.15, 0.2) is 64.7 Å². The average molecular weight is 534 g/mol. The predicted molar refractivity (Wildman–Crippen MR) is 133 cm³/mol. The van der Waals surface area contributed by atoms with Gasteiger partial charge in [0.15, 0.2) is 0 Å². The SMILES string of the molecule is C[C@@H]1C2=C(CC[C@@H]2CN(CCO)S(=O)(=O)c2ccc(F)c(Cl)c2)Cc2c1cnn2-c1ccc(F)cc1. The maximum absolute atomic E-state index is 13.6. The predicted octanol–water partition coefficient (Wildman–Crippen LogP) is 4.85. The molecule has 1 N–H and O–H groups in total. The Morgan fingerprint density at radius 3 is 2.64 bits per heavy atom. The molecule has 0 unspecified atom stereocenters. The first kappa shape index (κ1) is 25.1. The van der Waals surface area contributed by atoms with Crippen LogP contribution in [0.1, 0.15) is 36.9 Å². The van der Waals surface area contributed by atoms with E-state index in [1.54, 1.807) is 12.1 Å². The molecule has 2 aromatic carbocycles. The Morgan fingerprint density at radius 1 is 1.19 bits per heavy atom. The van der Waals surface area contributed by atoms with Crippen molar-refractivity contribution in [1.82, 2.24) is 14.1 Å². The van der Waals surface area contributed by atoms with Crippen LogP contribution in [0.5, 0.6) is 0 Å². The molecule has 1 aromatic heterocycles. The lowest BCUT2D eigenvalue weighted by Crippen LogP contribution is -2.38. The molecule has 10 heteroatoms. The van der Waals surface area contributed by atoms with Gasteiger partial charge in [-0.05, 0) is 61.2 Å². The molecule has 3 aromatic rings. The van der Waals surface area contributed by atoms with Gasteiger partial charge in [-0.2, -0.15) is 9.40 Å². The number of halogens is 3. The van der Waals surface area contributed by atoms with Crippen molar-refractivity contribution in [2.45, 2.75) is 37.0 Å². The summed E-state index contributed by atoms with van der Waals surface area (Å²) >= 11 is 5.84. The molecule has 0 spiro atoms. The number of aromatic nitrogens is 2. The van der Waals surface area contributed by atoms with Crippen molar-refractivity contribution < 1.29 is 22.3 Å². The van der Waals surface area contributed by atoms with E-state index < -0.39 is 15.8 Å². The Balaban J connectivity index is 1.43. The molecule has 0 saturated carbocycles. The third kappa shape index (κ3) is 4.38. The van der Waals surface area contributed by atoms with E-state index in [2.05, 4.69) is 12.0 Å². The number of rotatable bonds is 7. The second-order valence-corrected chi connectivity index (χ2v) is 11.6. The molecule has 0 aliphatic heterocycles. The third-order valence-electron chi connectivity index (χ3n) is 7.23. The van der Waals surface area contributed by atoms with Crippen molar-refractivity contribution in [3.63, 3.8) is 0 Å². The summed E-state index contributed by atoms with van der Waals surface area (Å²) in [6.45, 7) is 1.91. The molecule has 36 heavy (non-hydrogen) atoms. The van der Waals surface area contributed by atoms with Crippen molar-refractivity contribution >= 4 is 21.6 Å². The molecule has 190 valence electrons. The van der Waals surface area contributed by atoms with E-state index in [0.717, 1.165) is 41.9 Å². The summed E-state index contributed by atoms with van der Waals surface area (Å²) in [7, 11) is -3.99. The van der Waals surface area contributed by atoms with Gasteiger partial charge in [-0.15, -0.1) is 0 Å². The molecule has 0 radical (unpaired) electrons. The molecule has 0 bridgehead atoms. The van der Waals surface area contributed by atoms with Gasteiger partial charge in [0.2, 0.25) is 10.0 Å². The van der Waals surface area contributed by atoms with Gasteiger partial charge >= 0.3 is 0 Å². The van der Waals surface area contributed by atoms with E-state index in [9.17, 15) is 22.3 Å². The number of nitrogens with zero attached hydrogens (tertiary/aromatic N) is 3. The van der Waals surface area contributed by atoms with Crippen molar-refractivity contribution in [3.8, 4) is 5.69 Å². The smallest absolute Gasteiger partial charge is 0.243 e. The van der Waals surface area contributed by atoms with E-state index >= 15 is 0 Å². The fourth-order valence-electron chi connectivity index (χ4n) is 5.53. The van der Waals surface area contributed by atoms with Crippen LogP contribution in [0.2, 0.25) is 5.02 Å². The summed E-state index contributed by atoms with van der Waals surface area (Å²) in [6, 6.07) is 9.57. The van der Waals surface area contributed by atoms with E-state index in [1.807, 2.05) is 10.9 Å². The Morgan fingerprint density at radius 2 is 1.94 bits per heavy atom. The lowest BCUT2D eigenvalue weighted by molar-refractivity contribution is 0.243. The third-order valence-corrected chi connectivity index (χ3v) is 9.38. The first-order valence-corrected chi connectivity index (χ1v) is 13.6. The highest BCUT2D eigenvalue weighted by Crippen LogP contribution is 2.47. The molecule has 1 heterocycles. The average Bonchev–Trinajstić information content (AvgIpc) is 3.46. The van der Waals surface area contributed by atoms with E-state index in [4.69, 9.17) is 11.6 Å². The zero-order valence-corrected chi connectivity index (χ0v) is 21.2. The number of hydrogen-bond acceptors (Lipinski definition) is 4. The number of allylic oxidation sites excluding steroid dienone is 1. The number of aliphatic hydroxyl groups excluding tert-OH is 1. The van der Waals surface area contributed by atoms with Gasteiger partial charge in [0.1, 0.15) is 11.6 Å². The van der Waals surface area contributed by atoms with Gasteiger partial charge in [-0.25, -0.2) is 21.9 Å². The van der Waals surface area contributed by atoms with Crippen molar-refractivity contribution in [2.75, 3.05) is 19.7 Å². The van der Waals surface area contributed by atoms with Gasteiger partial charge in [0.25, 0.3) is 0 Å². The molecule has 2 aliphatic rings. The highest BCUT2D eigenvalue weighted by Gasteiger charge is 2.38. The number of fused-ring (bicyclic) bond motifs is 1. The second-order valence-electron chi connectivity index (χ2n) is 9.29. The Kier molecular flexibility index (Phi) is 6.76. The number of benzene rings is 2. The van der Waals surface area contributed by atoms with Gasteiger partial charge in [-0.1, -0.05) is 29.7 Å². The van der Waals surface area contributed by atoms with Crippen LogP contribution in [0, 0.1) is 17.6 Å². The molecule has 5 rings (SSSR count). The standard InChI is InChI=1S/C26H26ClF2N3O3S/c1-16-22-14-30-32(20-6-4-19(28)5-7-20)25(22)12-17-2-3-18(26(16)17)15-31(10-11-33)36(34,35)21-8-9-24(29)23(27)13-21/h4-9,13-14,16,18,33H,2-3,10-12,15H2,1H3/t16-,18+/m0/s1. The highest BCUT2D eigenvalue weighted by molar-refractivity contribution is 7.89. The van der Waals surface area contributed by atoms with Crippen LogP contribution in [-0.2, 0) is 16.4 Å². The Hall–Kier alpha value is -2.59. The van der Waals surface area contributed by atoms with E-state index in [0.29, 0.717) is 6.42 Å². The largest absolute Gasteiger partial charge is 0.395 e. The number of aliphatic hydroxyl groups is 1. The van der Waals surface area contributed by atoms with Crippen LogP contribution in [0.4, 0.5) is 8.78 Å². The maximum atomic E-state index is 13.6. The van der Waals surface area contributed by atoms with Crippen LogP contribution in [0.25, 0.3) is 5.69 Å². The lowest BCUT2D eigenvalue weighted by atomic mass is 9.80. The molecular weight excluding hydrogens is 508 g/mol. The van der Waals surface area contributed by atoms with Gasteiger partial charge in [0.05, 0.1) is 34.1 Å². The summed E-state index contributed by atoms with van der Waals surface area (Å²) in [5.41, 5.74) is 5.43. The summed E-state index contributed by atoms with van der Waals surface area (Å²) in [4.78, 5) is -0.103. The first-order valence-electron chi connectivity index (χ1n) is 11.8. The number of hydrogen-bond donors (Lipinski definition) is 1. The zero-order valence-electron chi connectivity index (χ0n) is 19.7. The van der Waals surface area contributed by atoms with Gasteiger partial charge in [-0.3, -0.25) is 0 Å². The van der Waals surface area contributed by atoms with E-state index in [1.165, 1.54) is 33.7 Å². The summed E-state index contributed by atoms with van der Waals surface area (Å²) in [5, 5.41) is 13.9. The second kappa shape index (κ2) is 9.70. The number of sulfonamides is 1. The molecule has 2 aliphatic carbocycles. The lowest BCUT2D eigenvalue weighted by Gasteiger charge is -2.30. The summed E-state index contributed by atoms with van der Waals surface area (Å²) in [5.74, 6) is -0.969. The molecule has 6 nitrogen and oxygen atoms in total. The zero-order chi connectivity index (χ0) is 25.6. The molecule has 0 fully saturated rings. The molecule has 2 atom stereocenters. The van der Waals surface area contributed by atoms with Gasteiger partial charge < -0.3 is 5.11 Å². The van der Waals surface area contributed by atoms with Crippen molar-refractivity contribution in [2.24, 2.45) is 5.92 Å². The molecular formula is C26H26ClF2N3O3S. The monoisotopic (exact) mass is 533 g/mol. The van der Waals surface area contributed by atoms with Crippen LogP contribution in [0.3, 0.4) is 0 Å². The normalized spacial score (nSPS) is 19.6. The quantitative estimate of drug-likeness (QED) is 0.440. The minimum absolute atomic E-state index is 0.0189.